The molecule has 5 nitrogen and oxygen atoms in total. The molecule has 0 aliphatic heterocycles. The minimum absolute atomic E-state index is 0.0522. The van der Waals surface area contributed by atoms with Gasteiger partial charge in [-0.15, -0.1) is 0 Å². The normalized spacial score (nSPS) is 9.93. The zero-order valence-electron chi connectivity index (χ0n) is 8.22. The molecule has 15 heavy (non-hydrogen) atoms. The van der Waals surface area contributed by atoms with Gasteiger partial charge in [-0.2, -0.15) is 0 Å². The first-order chi connectivity index (χ1) is 7.24. The van der Waals surface area contributed by atoms with Crippen LogP contribution in [0, 0.1) is 17.0 Å². The molecule has 0 fully saturated rings. The molecule has 0 N–H and O–H groups in total. The number of nitro benzene ring substituents is 1. The maximum atomic E-state index is 10.3. The van der Waals surface area contributed by atoms with Gasteiger partial charge in [0.25, 0.3) is 5.69 Å². The highest BCUT2D eigenvalue weighted by Gasteiger charge is 2.03. The third-order valence-corrected chi connectivity index (χ3v) is 1.69. The van der Waals surface area contributed by atoms with Crippen LogP contribution in [0.1, 0.15) is 0 Å². The Morgan fingerprint density at radius 2 is 1.93 bits per heavy atom. The first kappa shape index (κ1) is 11.5. The molecule has 5 heteroatoms. The van der Waals surface area contributed by atoms with Crippen molar-refractivity contribution in [3.8, 4) is 5.75 Å². The molecule has 0 aromatic heterocycles. The molecule has 1 rings (SSSR count). The van der Waals surface area contributed by atoms with E-state index in [1.807, 2.05) is 0 Å². The molecule has 0 unspecified atom stereocenters. The summed E-state index contributed by atoms with van der Waals surface area (Å²) in [6, 6.07) is 5.92. The summed E-state index contributed by atoms with van der Waals surface area (Å²) in [5, 5.41) is 10.3. The first-order valence-corrected chi connectivity index (χ1v) is 4.48. The molecule has 0 spiro atoms. The Hall–Kier alpha value is -1.62. The van der Waals surface area contributed by atoms with E-state index in [1.165, 1.54) is 12.1 Å². The molecule has 0 bridgehead atoms. The largest absolute Gasteiger partial charge is 0.491 e. The van der Waals surface area contributed by atoms with E-state index < -0.39 is 4.92 Å². The van der Waals surface area contributed by atoms with Crippen LogP contribution >= 0.6 is 0 Å². The van der Waals surface area contributed by atoms with Crippen LogP contribution in [0.25, 0.3) is 0 Å². The van der Waals surface area contributed by atoms with Gasteiger partial charge in [0.05, 0.1) is 11.5 Å². The third kappa shape index (κ3) is 3.95. The maximum absolute atomic E-state index is 10.3. The number of nitro groups is 1. The Morgan fingerprint density at radius 1 is 1.27 bits per heavy atom. The fraction of sp³-hybridized carbons (Fsp3) is 0.300. The minimum Gasteiger partial charge on any atom is -0.491 e. The number of hydrogen-bond donors (Lipinski definition) is 0. The second kappa shape index (κ2) is 5.98. The van der Waals surface area contributed by atoms with Crippen LogP contribution in [-0.4, -0.2) is 24.7 Å². The Balaban J connectivity index is 2.39. The molecule has 1 aromatic carbocycles. The molecule has 0 aliphatic rings. The molecule has 1 aromatic rings. The Kier molecular flexibility index (Phi) is 4.56. The SMILES string of the molecule is [CH2]COCCOc1ccc([N+](=O)[O-])cc1. The van der Waals surface area contributed by atoms with Crippen LogP contribution in [0.15, 0.2) is 24.3 Å². The van der Waals surface area contributed by atoms with Crippen molar-refractivity contribution in [2.75, 3.05) is 19.8 Å². The number of rotatable bonds is 6. The first-order valence-electron chi connectivity index (χ1n) is 4.48. The van der Waals surface area contributed by atoms with Crippen molar-refractivity contribution in [1.29, 1.82) is 0 Å². The van der Waals surface area contributed by atoms with Crippen LogP contribution in [0.4, 0.5) is 5.69 Å². The molecular weight excluding hydrogens is 198 g/mol. The number of ether oxygens (including phenoxy) is 2. The predicted octanol–water partition coefficient (Wildman–Crippen LogP) is 1.82. The predicted molar refractivity (Wildman–Crippen MR) is 54.8 cm³/mol. The summed E-state index contributed by atoms with van der Waals surface area (Å²) in [7, 11) is 0. The van der Waals surface area contributed by atoms with E-state index in [2.05, 4.69) is 6.92 Å². The van der Waals surface area contributed by atoms with Gasteiger partial charge in [-0.3, -0.25) is 10.1 Å². The van der Waals surface area contributed by atoms with E-state index in [4.69, 9.17) is 9.47 Å². The highest BCUT2D eigenvalue weighted by molar-refractivity contribution is 5.35. The molecular formula is C10H12NO4. The summed E-state index contributed by atoms with van der Waals surface area (Å²) >= 11 is 0. The Labute approximate surface area is 87.8 Å². The molecule has 0 aliphatic carbocycles. The molecule has 0 atom stereocenters. The fourth-order valence-corrected chi connectivity index (χ4v) is 0.985. The lowest BCUT2D eigenvalue weighted by Gasteiger charge is -2.05. The number of benzene rings is 1. The quantitative estimate of drug-likeness (QED) is 0.408. The van der Waals surface area contributed by atoms with Gasteiger partial charge in [0.2, 0.25) is 0 Å². The smallest absolute Gasteiger partial charge is 0.269 e. The molecule has 81 valence electrons. The Morgan fingerprint density at radius 3 is 2.47 bits per heavy atom. The molecule has 0 amide bonds. The second-order valence-corrected chi connectivity index (χ2v) is 2.71. The van der Waals surface area contributed by atoms with Gasteiger partial charge in [0.15, 0.2) is 0 Å². The van der Waals surface area contributed by atoms with Crippen molar-refractivity contribution in [3.63, 3.8) is 0 Å². The van der Waals surface area contributed by atoms with Crippen molar-refractivity contribution in [2.24, 2.45) is 0 Å². The summed E-state index contributed by atoms with van der Waals surface area (Å²) in [6.07, 6.45) is 0. The lowest BCUT2D eigenvalue weighted by atomic mass is 10.3. The summed E-state index contributed by atoms with van der Waals surface area (Å²) in [6.45, 7) is 4.78. The summed E-state index contributed by atoms with van der Waals surface area (Å²) < 4.78 is 10.2. The lowest BCUT2D eigenvalue weighted by Crippen LogP contribution is -2.06. The number of hydrogen-bond acceptors (Lipinski definition) is 4. The standard InChI is InChI=1S/C10H12NO4/c1-2-14-7-8-15-10-5-3-9(4-6-10)11(12)13/h3-6H,1-2,7-8H2. The zero-order valence-corrected chi connectivity index (χ0v) is 8.22. The van der Waals surface area contributed by atoms with Gasteiger partial charge >= 0.3 is 0 Å². The third-order valence-electron chi connectivity index (χ3n) is 1.69. The van der Waals surface area contributed by atoms with Gasteiger partial charge in [-0.1, -0.05) is 0 Å². The Bertz CT molecular complexity index is 310. The number of non-ortho nitro benzene ring substituents is 1. The van der Waals surface area contributed by atoms with Crippen molar-refractivity contribution < 1.29 is 14.4 Å². The summed E-state index contributed by atoms with van der Waals surface area (Å²) in [5.41, 5.74) is 0.0522. The second-order valence-electron chi connectivity index (χ2n) is 2.71. The highest BCUT2D eigenvalue weighted by atomic mass is 16.6. The van der Waals surface area contributed by atoms with Gasteiger partial charge in [0.1, 0.15) is 12.4 Å². The molecule has 0 saturated carbocycles. The average Bonchev–Trinajstić information content (AvgIpc) is 2.25. The van der Waals surface area contributed by atoms with Crippen molar-refractivity contribution in [3.05, 3.63) is 41.3 Å². The van der Waals surface area contributed by atoms with Crippen LogP contribution in [0.2, 0.25) is 0 Å². The topological polar surface area (TPSA) is 61.6 Å². The number of nitrogens with zero attached hydrogens (tertiary/aromatic N) is 1. The summed E-state index contributed by atoms with van der Waals surface area (Å²) in [4.78, 5) is 9.90. The monoisotopic (exact) mass is 210 g/mol. The van der Waals surface area contributed by atoms with E-state index in [1.54, 1.807) is 12.1 Å². The lowest BCUT2D eigenvalue weighted by molar-refractivity contribution is -0.384. The van der Waals surface area contributed by atoms with E-state index in [-0.39, 0.29) is 5.69 Å². The van der Waals surface area contributed by atoms with Crippen molar-refractivity contribution in [1.82, 2.24) is 0 Å². The van der Waals surface area contributed by atoms with Gasteiger partial charge in [0, 0.05) is 18.7 Å². The zero-order chi connectivity index (χ0) is 11.1. The van der Waals surface area contributed by atoms with Crippen molar-refractivity contribution >= 4 is 5.69 Å². The molecule has 1 radical (unpaired) electrons. The van der Waals surface area contributed by atoms with Crippen LogP contribution < -0.4 is 4.74 Å². The maximum Gasteiger partial charge on any atom is 0.269 e. The summed E-state index contributed by atoms with van der Waals surface area (Å²) in [5.74, 6) is 0.591. The van der Waals surface area contributed by atoms with Gasteiger partial charge < -0.3 is 9.47 Å². The van der Waals surface area contributed by atoms with E-state index in [0.717, 1.165) is 0 Å². The van der Waals surface area contributed by atoms with E-state index in [9.17, 15) is 10.1 Å². The molecule has 0 heterocycles. The average molecular weight is 210 g/mol. The highest BCUT2D eigenvalue weighted by Crippen LogP contribution is 2.16. The van der Waals surface area contributed by atoms with Gasteiger partial charge in [-0.05, 0) is 19.1 Å². The van der Waals surface area contributed by atoms with Crippen molar-refractivity contribution in [2.45, 2.75) is 0 Å². The van der Waals surface area contributed by atoms with Crippen LogP contribution in [0.5, 0.6) is 5.75 Å². The molecule has 0 saturated heterocycles. The van der Waals surface area contributed by atoms with E-state index in [0.29, 0.717) is 25.6 Å². The van der Waals surface area contributed by atoms with Gasteiger partial charge in [-0.25, -0.2) is 0 Å². The van der Waals surface area contributed by atoms with Crippen LogP contribution in [-0.2, 0) is 4.74 Å². The fourth-order valence-electron chi connectivity index (χ4n) is 0.985. The van der Waals surface area contributed by atoms with E-state index >= 15 is 0 Å². The minimum atomic E-state index is -0.449. The van der Waals surface area contributed by atoms with Crippen LogP contribution in [0.3, 0.4) is 0 Å².